The molecule has 3 rings (SSSR count). The first-order valence-corrected chi connectivity index (χ1v) is 8.62. The molecule has 2 N–H and O–H groups in total. The minimum Gasteiger partial charge on any atom is -0.337 e. The topological polar surface area (TPSA) is 97.4 Å². The molecule has 0 aliphatic heterocycles. The maximum absolute atomic E-state index is 12.7. The Morgan fingerprint density at radius 2 is 0.906 bits per heavy atom. The number of hydrogen-bond donors (Lipinski definition) is 2. The third-order valence-corrected chi connectivity index (χ3v) is 4.06. The summed E-state index contributed by atoms with van der Waals surface area (Å²) < 4.78 is 76.5. The highest BCUT2D eigenvalue weighted by Crippen LogP contribution is 2.33. The number of nitriles is 2. The van der Waals surface area contributed by atoms with E-state index in [0.29, 0.717) is 0 Å². The van der Waals surface area contributed by atoms with Crippen LogP contribution in [0, 0.1) is 22.7 Å². The minimum atomic E-state index is -4.53. The SMILES string of the molecule is N#Cc1nc(Nc2ccc(C(F)(F)F)cc2)c(Nc2ccc(C(F)(F)F)cc2)nc1C#N. The number of aromatic nitrogens is 2. The molecule has 0 amide bonds. The molecular weight excluding hydrogens is 438 g/mol. The lowest BCUT2D eigenvalue weighted by Gasteiger charge is -2.14. The van der Waals surface area contributed by atoms with E-state index in [1.54, 1.807) is 12.1 Å². The zero-order chi connectivity index (χ0) is 23.5. The Hall–Kier alpha value is -4.32. The zero-order valence-electron chi connectivity index (χ0n) is 15.7. The van der Waals surface area contributed by atoms with Crippen molar-refractivity contribution in [2.24, 2.45) is 0 Å². The lowest BCUT2D eigenvalue weighted by Crippen LogP contribution is -2.08. The van der Waals surface area contributed by atoms with Gasteiger partial charge in [-0.25, -0.2) is 9.97 Å². The van der Waals surface area contributed by atoms with E-state index in [4.69, 9.17) is 0 Å². The molecule has 0 aliphatic rings. The van der Waals surface area contributed by atoms with Crippen molar-refractivity contribution in [3.8, 4) is 12.1 Å². The number of hydrogen-bond acceptors (Lipinski definition) is 6. The molecule has 2 aromatic carbocycles. The third kappa shape index (κ3) is 5.05. The minimum absolute atomic E-state index is 0.125. The molecule has 0 saturated carbocycles. The van der Waals surface area contributed by atoms with E-state index in [0.717, 1.165) is 48.5 Å². The molecule has 1 heterocycles. The first kappa shape index (κ1) is 22.4. The average molecular weight is 448 g/mol. The van der Waals surface area contributed by atoms with Crippen LogP contribution in [0.4, 0.5) is 49.4 Å². The van der Waals surface area contributed by atoms with Crippen LogP contribution >= 0.6 is 0 Å². The standard InChI is InChI=1S/C20H10F6N6/c21-19(22,23)11-1-5-13(6-2-11)29-17-18(32-16(10-28)15(9-27)31-17)30-14-7-3-12(4-8-14)20(24,25)26/h1-8H,(H,29,31)(H,30,32). The van der Waals surface area contributed by atoms with Gasteiger partial charge in [0.2, 0.25) is 0 Å². The van der Waals surface area contributed by atoms with Gasteiger partial charge >= 0.3 is 12.4 Å². The molecule has 0 radical (unpaired) electrons. The molecule has 6 nitrogen and oxygen atoms in total. The van der Waals surface area contributed by atoms with Crippen LogP contribution in [-0.4, -0.2) is 9.97 Å². The largest absolute Gasteiger partial charge is 0.416 e. The van der Waals surface area contributed by atoms with Gasteiger partial charge in [0.1, 0.15) is 12.1 Å². The molecule has 32 heavy (non-hydrogen) atoms. The quantitative estimate of drug-likeness (QED) is 0.494. The molecule has 0 bridgehead atoms. The van der Waals surface area contributed by atoms with Crippen molar-refractivity contribution in [2.75, 3.05) is 10.6 Å². The fourth-order valence-corrected chi connectivity index (χ4v) is 2.52. The van der Waals surface area contributed by atoms with Crippen molar-refractivity contribution in [2.45, 2.75) is 12.4 Å². The van der Waals surface area contributed by atoms with Crippen LogP contribution in [0.3, 0.4) is 0 Å². The lowest BCUT2D eigenvalue weighted by molar-refractivity contribution is -0.138. The summed E-state index contributed by atoms with van der Waals surface area (Å²) in [5, 5.41) is 23.7. The second kappa shape index (κ2) is 8.43. The average Bonchev–Trinajstić information content (AvgIpc) is 2.74. The molecule has 162 valence electrons. The molecular formula is C20H10F6N6. The van der Waals surface area contributed by atoms with Crippen molar-refractivity contribution < 1.29 is 26.3 Å². The van der Waals surface area contributed by atoms with E-state index in [-0.39, 0.29) is 34.4 Å². The van der Waals surface area contributed by atoms with Crippen LogP contribution in [0.5, 0.6) is 0 Å². The van der Waals surface area contributed by atoms with E-state index < -0.39 is 23.5 Å². The van der Waals surface area contributed by atoms with Gasteiger partial charge in [0.25, 0.3) is 0 Å². The number of halogens is 6. The smallest absolute Gasteiger partial charge is 0.337 e. The van der Waals surface area contributed by atoms with Crippen molar-refractivity contribution in [1.29, 1.82) is 10.5 Å². The van der Waals surface area contributed by atoms with E-state index in [1.165, 1.54) is 0 Å². The summed E-state index contributed by atoms with van der Waals surface area (Å²) in [5.74, 6) is -0.250. The van der Waals surface area contributed by atoms with Gasteiger partial charge in [-0.05, 0) is 48.5 Å². The summed E-state index contributed by atoms with van der Waals surface area (Å²) in [6, 6.07) is 11.2. The van der Waals surface area contributed by atoms with Gasteiger partial charge in [-0.1, -0.05) is 0 Å². The highest BCUT2D eigenvalue weighted by molar-refractivity contribution is 5.73. The molecule has 0 atom stereocenters. The normalized spacial score (nSPS) is 11.4. The molecule has 0 fully saturated rings. The monoisotopic (exact) mass is 448 g/mol. The summed E-state index contributed by atoms with van der Waals surface area (Å²) in [4.78, 5) is 7.92. The fraction of sp³-hybridized carbons (Fsp3) is 0.100. The molecule has 0 unspecified atom stereocenters. The number of benzene rings is 2. The van der Waals surface area contributed by atoms with E-state index in [9.17, 15) is 36.9 Å². The third-order valence-electron chi connectivity index (χ3n) is 4.06. The molecule has 12 heteroatoms. The van der Waals surface area contributed by atoms with Crippen LogP contribution < -0.4 is 10.6 Å². The predicted octanol–water partition coefficient (Wildman–Crippen LogP) is 5.74. The number of alkyl halides is 6. The molecule has 0 aliphatic carbocycles. The summed E-state index contributed by atoms with van der Waals surface area (Å²) in [7, 11) is 0. The van der Waals surface area contributed by atoms with Crippen LogP contribution in [0.1, 0.15) is 22.5 Å². The highest BCUT2D eigenvalue weighted by Gasteiger charge is 2.31. The van der Waals surface area contributed by atoms with Gasteiger partial charge in [-0.15, -0.1) is 0 Å². The van der Waals surface area contributed by atoms with Gasteiger partial charge in [0.05, 0.1) is 11.1 Å². The number of nitrogens with one attached hydrogen (secondary N) is 2. The Morgan fingerprint density at radius 3 is 1.16 bits per heavy atom. The summed E-state index contributed by atoms with van der Waals surface area (Å²) in [5.41, 5.74) is -2.13. The summed E-state index contributed by atoms with van der Waals surface area (Å²) in [6.45, 7) is 0. The Bertz CT molecular complexity index is 1110. The molecule has 0 saturated heterocycles. The first-order chi connectivity index (χ1) is 15.0. The summed E-state index contributed by atoms with van der Waals surface area (Å²) in [6.07, 6.45) is -9.06. The lowest BCUT2D eigenvalue weighted by atomic mass is 10.2. The highest BCUT2D eigenvalue weighted by atomic mass is 19.4. The molecule has 3 aromatic rings. The van der Waals surface area contributed by atoms with Gasteiger partial charge < -0.3 is 10.6 Å². The first-order valence-electron chi connectivity index (χ1n) is 8.62. The van der Waals surface area contributed by atoms with Gasteiger partial charge in [0.15, 0.2) is 23.0 Å². The maximum atomic E-state index is 12.7. The Kier molecular flexibility index (Phi) is 5.89. The van der Waals surface area contributed by atoms with Gasteiger partial charge in [-0.2, -0.15) is 36.9 Å². The van der Waals surface area contributed by atoms with Crippen LogP contribution in [0.2, 0.25) is 0 Å². The van der Waals surface area contributed by atoms with Crippen molar-refractivity contribution in [1.82, 2.24) is 9.97 Å². The number of rotatable bonds is 4. The molecule has 0 spiro atoms. The van der Waals surface area contributed by atoms with E-state index in [1.807, 2.05) is 0 Å². The van der Waals surface area contributed by atoms with Gasteiger partial charge in [-0.3, -0.25) is 0 Å². The van der Waals surface area contributed by atoms with Gasteiger partial charge in [0, 0.05) is 11.4 Å². The van der Waals surface area contributed by atoms with E-state index in [2.05, 4.69) is 20.6 Å². The maximum Gasteiger partial charge on any atom is 0.416 e. The Morgan fingerprint density at radius 1 is 0.594 bits per heavy atom. The Balaban J connectivity index is 1.96. The second-order valence-corrected chi connectivity index (χ2v) is 6.24. The van der Waals surface area contributed by atoms with Crippen LogP contribution in [0.15, 0.2) is 48.5 Å². The van der Waals surface area contributed by atoms with Crippen molar-refractivity contribution in [3.63, 3.8) is 0 Å². The van der Waals surface area contributed by atoms with Crippen molar-refractivity contribution >= 4 is 23.0 Å². The van der Waals surface area contributed by atoms with Crippen LogP contribution in [0.25, 0.3) is 0 Å². The number of nitrogens with zero attached hydrogens (tertiary/aromatic N) is 4. The van der Waals surface area contributed by atoms with Crippen molar-refractivity contribution in [3.05, 3.63) is 71.0 Å². The summed E-state index contributed by atoms with van der Waals surface area (Å²) >= 11 is 0. The second-order valence-electron chi connectivity index (χ2n) is 6.24. The van der Waals surface area contributed by atoms with Crippen LogP contribution in [-0.2, 0) is 12.4 Å². The zero-order valence-corrected chi connectivity index (χ0v) is 15.7. The fourth-order valence-electron chi connectivity index (χ4n) is 2.52. The Labute approximate surface area is 176 Å². The number of anilines is 4. The van der Waals surface area contributed by atoms with E-state index >= 15 is 0 Å². The predicted molar refractivity (Wildman–Crippen MR) is 101 cm³/mol. The molecule has 1 aromatic heterocycles.